The van der Waals surface area contributed by atoms with E-state index in [0.717, 1.165) is 5.69 Å². The fraction of sp³-hybridized carbons (Fsp3) is 0.200. The zero-order valence-electron chi connectivity index (χ0n) is 11.3. The van der Waals surface area contributed by atoms with Crippen LogP contribution in [0.2, 0.25) is 0 Å². The second kappa shape index (κ2) is 4.52. The maximum atomic E-state index is 12.2. The molecule has 0 aliphatic carbocycles. The van der Waals surface area contributed by atoms with E-state index in [1.165, 1.54) is 0 Å². The lowest BCUT2D eigenvalue weighted by molar-refractivity contribution is 0.449. The molecule has 1 N–H and O–H groups in total. The van der Waals surface area contributed by atoms with Gasteiger partial charge >= 0.3 is 0 Å². The maximum absolute atomic E-state index is 12.2. The Balaban J connectivity index is 2.34. The van der Waals surface area contributed by atoms with Gasteiger partial charge in [0.25, 0.3) is 0 Å². The van der Waals surface area contributed by atoms with Gasteiger partial charge in [0.1, 0.15) is 5.58 Å². The van der Waals surface area contributed by atoms with E-state index in [0.29, 0.717) is 23.1 Å². The summed E-state index contributed by atoms with van der Waals surface area (Å²) in [5, 5.41) is 14.7. The van der Waals surface area contributed by atoms with Crippen LogP contribution in [0.3, 0.4) is 0 Å². The summed E-state index contributed by atoms with van der Waals surface area (Å²) in [6.07, 6.45) is 1.60. The van der Waals surface area contributed by atoms with E-state index in [4.69, 9.17) is 4.42 Å². The Kier molecular flexibility index (Phi) is 2.82. The first kappa shape index (κ1) is 12.5. The van der Waals surface area contributed by atoms with Crippen molar-refractivity contribution in [1.29, 1.82) is 0 Å². The lowest BCUT2D eigenvalue weighted by Gasteiger charge is -2.05. The third-order valence-electron chi connectivity index (χ3n) is 3.42. The number of nitrogens with zero attached hydrogens (tertiary/aromatic N) is 2. The van der Waals surface area contributed by atoms with Crippen molar-refractivity contribution in [3.8, 4) is 17.1 Å². The van der Waals surface area contributed by atoms with Gasteiger partial charge in [0.2, 0.25) is 11.2 Å². The molecule has 0 unspecified atom stereocenters. The number of aromatic hydroxyl groups is 1. The summed E-state index contributed by atoms with van der Waals surface area (Å²) in [5.41, 5.74) is 1.51. The van der Waals surface area contributed by atoms with Gasteiger partial charge < -0.3 is 9.52 Å². The Morgan fingerprint density at radius 1 is 1.35 bits per heavy atom. The number of aromatic nitrogens is 2. The lowest BCUT2D eigenvalue weighted by Crippen LogP contribution is -2.03. The Bertz CT molecular complexity index is 846. The maximum Gasteiger partial charge on any atom is 0.235 e. The highest BCUT2D eigenvalue weighted by Gasteiger charge is 2.18. The molecule has 2 heterocycles. The smallest absolute Gasteiger partial charge is 0.235 e. The van der Waals surface area contributed by atoms with Gasteiger partial charge in [0, 0.05) is 12.2 Å². The number of fused-ring (bicyclic) bond motifs is 1. The molecule has 0 aliphatic rings. The van der Waals surface area contributed by atoms with Crippen molar-refractivity contribution in [3.63, 3.8) is 0 Å². The normalized spacial score (nSPS) is 11.1. The fourth-order valence-corrected chi connectivity index (χ4v) is 2.30. The van der Waals surface area contributed by atoms with Gasteiger partial charge in [-0.2, -0.15) is 5.10 Å². The molecule has 0 fully saturated rings. The number of aryl methyl sites for hydroxylation is 1. The third kappa shape index (κ3) is 1.71. The SMILES string of the molecule is CCn1ncc(-c2oc3ccccc3c(=O)c2O)c1C. The molecule has 0 aliphatic heterocycles. The molecule has 1 aromatic carbocycles. The van der Waals surface area contributed by atoms with Crippen molar-refractivity contribution in [2.75, 3.05) is 0 Å². The summed E-state index contributed by atoms with van der Waals surface area (Å²) >= 11 is 0. The molecule has 5 nitrogen and oxygen atoms in total. The van der Waals surface area contributed by atoms with E-state index < -0.39 is 5.43 Å². The molecule has 0 atom stereocenters. The van der Waals surface area contributed by atoms with E-state index >= 15 is 0 Å². The van der Waals surface area contributed by atoms with Crippen LogP contribution < -0.4 is 5.43 Å². The van der Waals surface area contributed by atoms with E-state index in [1.807, 2.05) is 13.8 Å². The Hall–Kier alpha value is -2.56. The Labute approximate surface area is 115 Å². The van der Waals surface area contributed by atoms with E-state index in [9.17, 15) is 9.90 Å². The molecule has 0 saturated heterocycles. The molecule has 3 rings (SSSR count). The first-order valence-electron chi connectivity index (χ1n) is 6.41. The first-order chi connectivity index (χ1) is 9.63. The molecule has 0 bridgehead atoms. The molecule has 2 aromatic heterocycles. The first-order valence-corrected chi connectivity index (χ1v) is 6.41. The van der Waals surface area contributed by atoms with Crippen LogP contribution in [-0.2, 0) is 6.54 Å². The second-order valence-electron chi connectivity index (χ2n) is 4.56. The molecule has 0 saturated carbocycles. The van der Waals surface area contributed by atoms with Gasteiger partial charge in [-0.25, -0.2) is 0 Å². The predicted molar refractivity (Wildman–Crippen MR) is 75.8 cm³/mol. The number of benzene rings is 1. The Morgan fingerprint density at radius 3 is 2.80 bits per heavy atom. The van der Waals surface area contributed by atoms with Crippen molar-refractivity contribution in [1.82, 2.24) is 9.78 Å². The average Bonchev–Trinajstić information content (AvgIpc) is 2.84. The minimum atomic E-state index is -0.425. The molecule has 0 spiro atoms. The van der Waals surface area contributed by atoms with Crippen molar-refractivity contribution < 1.29 is 9.52 Å². The summed E-state index contributed by atoms with van der Waals surface area (Å²) in [7, 11) is 0. The minimum Gasteiger partial charge on any atom is -0.502 e. The average molecular weight is 270 g/mol. The summed E-state index contributed by atoms with van der Waals surface area (Å²) in [5.74, 6) is -0.201. The van der Waals surface area contributed by atoms with Gasteiger partial charge in [-0.05, 0) is 26.0 Å². The van der Waals surface area contributed by atoms with Crippen LogP contribution in [0, 0.1) is 6.92 Å². The zero-order chi connectivity index (χ0) is 14.3. The van der Waals surface area contributed by atoms with Crippen LogP contribution in [0.1, 0.15) is 12.6 Å². The monoisotopic (exact) mass is 270 g/mol. The number of para-hydroxylation sites is 1. The third-order valence-corrected chi connectivity index (χ3v) is 3.42. The number of rotatable bonds is 2. The van der Waals surface area contributed by atoms with Crippen LogP contribution in [0.25, 0.3) is 22.3 Å². The minimum absolute atomic E-state index is 0.172. The highest BCUT2D eigenvalue weighted by molar-refractivity contribution is 5.81. The predicted octanol–water partition coefficient (Wildman–Crippen LogP) is 2.69. The van der Waals surface area contributed by atoms with Gasteiger partial charge in [0.15, 0.2) is 5.76 Å². The van der Waals surface area contributed by atoms with Crippen LogP contribution in [0.15, 0.2) is 39.7 Å². The molecule has 3 aromatic rings. The topological polar surface area (TPSA) is 68.3 Å². The largest absolute Gasteiger partial charge is 0.502 e. The van der Waals surface area contributed by atoms with Gasteiger partial charge in [-0.1, -0.05) is 12.1 Å². The van der Waals surface area contributed by atoms with Crippen molar-refractivity contribution >= 4 is 11.0 Å². The fourth-order valence-electron chi connectivity index (χ4n) is 2.30. The van der Waals surface area contributed by atoms with Gasteiger partial charge in [-0.3, -0.25) is 9.48 Å². The summed E-state index contributed by atoms with van der Waals surface area (Å²) in [6, 6.07) is 6.86. The molecular weight excluding hydrogens is 256 g/mol. The van der Waals surface area contributed by atoms with Gasteiger partial charge in [0.05, 0.1) is 17.1 Å². The zero-order valence-corrected chi connectivity index (χ0v) is 11.3. The van der Waals surface area contributed by atoms with Crippen molar-refractivity contribution in [2.45, 2.75) is 20.4 Å². The highest BCUT2D eigenvalue weighted by Crippen LogP contribution is 2.31. The number of hydrogen-bond acceptors (Lipinski definition) is 4. The molecule has 0 radical (unpaired) electrons. The molecule has 20 heavy (non-hydrogen) atoms. The molecule has 5 heteroatoms. The van der Waals surface area contributed by atoms with E-state index in [1.54, 1.807) is 35.1 Å². The molecule has 0 amide bonds. The summed E-state index contributed by atoms with van der Waals surface area (Å²) in [4.78, 5) is 12.2. The van der Waals surface area contributed by atoms with Crippen LogP contribution in [0.5, 0.6) is 5.75 Å². The van der Waals surface area contributed by atoms with Gasteiger partial charge in [-0.15, -0.1) is 0 Å². The van der Waals surface area contributed by atoms with Crippen molar-refractivity contribution in [3.05, 3.63) is 46.4 Å². The quantitative estimate of drug-likeness (QED) is 0.777. The van der Waals surface area contributed by atoms with Crippen LogP contribution in [0.4, 0.5) is 0 Å². The second-order valence-corrected chi connectivity index (χ2v) is 4.56. The molecule has 102 valence electrons. The van der Waals surface area contributed by atoms with Crippen LogP contribution >= 0.6 is 0 Å². The standard InChI is InChI=1S/C15H14N2O3/c1-3-17-9(2)11(8-16-17)15-14(19)13(18)10-6-4-5-7-12(10)20-15/h4-8,19H,3H2,1-2H3. The Morgan fingerprint density at radius 2 is 2.10 bits per heavy atom. The van der Waals surface area contributed by atoms with Crippen LogP contribution in [-0.4, -0.2) is 14.9 Å². The lowest BCUT2D eigenvalue weighted by atomic mass is 10.1. The highest BCUT2D eigenvalue weighted by atomic mass is 16.4. The summed E-state index contributed by atoms with van der Waals surface area (Å²) < 4.78 is 7.48. The van der Waals surface area contributed by atoms with Crippen molar-refractivity contribution in [2.24, 2.45) is 0 Å². The number of hydrogen-bond donors (Lipinski definition) is 1. The van der Waals surface area contributed by atoms with E-state index in [-0.39, 0.29) is 11.5 Å². The molecular formula is C15H14N2O3. The van der Waals surface area contributed by atoms with E-state index in [2.05, 4.69) is 5.10 Å². The summed E-state index contributed by atoms with van der Waals surface area (Å²) in [6.45, 7) is 4.56.